The Kier molecular flexibility index (Phi) is 4.31. The van der Waals surface area contributed by atoms with Crippen LogP contribution >= 0.6 is 11.8 Å². The summed E-state index contributed by atoms with van der Waals surface area (Å²) in [6.07, 6.45) is 2.02. The highest BCUT2D eigenvalue weighted by molar-refractivity contribution is 8.01. The molecule has 3 heterocycles. The quantitative estimate of drug-likeness (QED) is 0.770. The number of nitrogens with one attached hydrogen (secondary N) is 1. The maximum Gasteiger partial charge on any atom is 0.311 e. The molecular weight excluding hydrogens is 320 g/mol. The van der Waals surface area contributed by atoms with Crippen molar-refractivity contribution >= 4 is 29.5 Å². The van der Waals surface area contributed by atoms with E-state index in [4.69, 9.17) is 4.74 Å². The number of fused-ring (bicyclic) bond motifs is 1. The van der Waals surface area contributed by atoms with Crippen LogP contribution in [0.4, 0.5) is 0 Å². The number of carbonyl (C=O) groups excluding carboxylic acids is 2. The number of hydrogen-bond acceptors (Lipinski definition) is 5. The Balaban J connectivity index is 1.65. The minimum Gasteiger partial charge on any atom is -0.481 e. The van der Waals surface area contributed by atoms with Crippen LogP contribution in [0, 0.1) is 5.41 Å². The molecule has 0 spiro atoms. The first-order chi connectivity index (χ1) is 10.9. The van der Waals surface area contributed by atoms with Crippen molar-refractivity contribution in [1.29, 1.82) is 0 Å². The highest BCUT2D eigenvalue weighted by atomic mass is 32.2. The average Bonchev–Trinajstić information content (AvgIpc) is 3.02. The number of aliphatic carboxylic acids is 1. The molecule has 3 aliphatic rings. The van der Waals surface area contributed by atoms with E-state index in [1.54, 1.807) is 16.7 Å². The van der Waals surface area contributed by atoms with E-state index in [1.165, 1.54) is 0 Å². The van der Waals surface area contributed by atoms with Gasteiger partial charge in [-0.25, -0.2) is 0 Å². The van der Waals surface area contributed by atoms with E-state index < -0.39 is 17.4 Å². The number of amides is 2. The minimum atomic E-state index is -0.960. The maximum absolute atomic E-state index is 12.5. The lowest BCUT2D eigenvalue weighted by molar-refractivity contribution is -0.155. The van der Waals surface area contributed by atoms with Gasteiger partial charge in [-0.2, -0.15) is 0 Å². The Morgan fingerprint density at radius 2 is 2.09 bits per heavy atom. The van der Waals surface area contributed by atoms with E-state index in [1.807, 2.05) is 6.92 Å². The van der Waals surface area contributed by atoms with Crippen LogP contribution in [0.2, 0.25) is 0 Å². The molecule has 0 aromatic rings. The smallest absolute Gasteiger partial charge is 0.311 e. The van der Waals surface area contributed by atoms with Crippen molar-refractivity contribution in [1.82, 2.24) is 10.2 Å². The van der Waals surface area contributed by atoms with Gasteiger partial charge in [-0.3, -0.25) is 14.4 Å². The van der Waals surface area contributed by atoms with Crippen LogP contribution in [-0.2, 0) is 19.1 Å². The van der Waals surface area contributed by atoms with E-state index in [0.29, 0.717) is 38.2 Å². The van der Waals surface area contributed by atoms with Gasteiger partial charge in [0.2, 0.25) is 11.8 Å². The van der Waals surface area contributed by atoms with Gasteiger partial charge in [0.05, 0.1) is 10.3 Å². The number of ether oxygens (including phenoxy) is 1. The number of thioether (sulfide) groups is 1. The molecule has 0 bridgehead atoms. The maximum atomic E-state index is 12.5. The molecule has 2 N–H and O–H groups in total. The first-order valence-electron chi connectivity index (χ1n) is 7.93. The minimum absolute atomic E-state index is 0.0108. The number of carboxylic acids is 1. The molecule has 3 rings (SSSR count). The second kappa shape index (κ2) is 5.98. The molecule has 23 heavy (non-hydrogen) atoms. The fourth-order valence-corrected chi connectivity index (χ4v) is 5.05. The number of hydrogen-bond donors (Lipinski definition) is 2. The third kappa shape index (κ3) is 2.82. The van der Waals surface area contributed by atoms with Gasteiger partial charge in [0.1, 0.15) is 6.04 Å². The van der Waals surface area contributed by atoms with E-state index in [9.17, 15) is 19.5 Å². The molecule has 2 atom stereocenters. The number of carbonyl (C=O) groups is 3. The molecule has 0 aliphatic carbocycles. The van der Waals surface area contributed by atoms with Crippen LogP contribution < -0.4 is 5.32 Å². The lowest BCUT2D eigenvalue weighted by Gasteiger charge is -2.34. The fraction of sp³-hybridized carbons (Fsp3) is 0.800. The predicted molar refractivity (Wildman–Crippen MR) is 83.9 cm³/mol. The van der Waals surface area contributed by atoms with Gasteiger partial charge in [0.15, 0.2) is 0 Å². The summed E-state index contributed by atoms with van der Waals surface area (Å²) in [5, 5.41) is 12.3. The molecule has 128 valence electrons. The summed E-state index contributed by atoms with van der Waals surface area (Å²) in [6, 6.07) is -0.495. The van der Waals surface area contributed by atoms with E-state index >= 15 is 0 Å². The molecule has 3 fully saturated rings. The second-order valence-corrected chi connectivity index (χ2v) is 8.18. The summed E-state index contributed by atoms with van der Waals surface area (Å²) in [5.74, 6) is -0.568. The lowest BCUT2D eigenvalue weighted by atomic mass is 9.80. The summed E-state index contributed by atoms with van der Waals surface area (Å²) >= 11 is 1.63. The van der Waals surface area contributed by atoms with Crippen LogP contribution in [-0.4, -0.2) is 64.2 Å². The second-order valence-electron chi connectivity index (χ2n) is 6.68. The van der Waals surface area contributed by atoms with Crippen LogP contribution in [0.3, 0.4) is 0 Å². The van der Waals surface area contributed by atoms with Gasteiger partial charge in [-0.1, -0.05) is 0 Å². The van der Waals surface area contributed by atoms with Gasteiger partial charge in [-0.05, 0) is 26.2 Å². The lowest BCUT2D eigenvalue weighted by Crippen LogP contribution is -2.53. The first kappa shape index (κ1) is 16.6. The SMILES string of the molecule is CC12CCC(=O)N1C(C(=O)NCC1(C(=O)O)CCOCC1)CS2. The molecule has 0 saturated carbocycles. The van der Waals surface area contributed by atoms with Crippen LogP contribution in [0.25, 0.3) is 0 Å². The molecule has 8 heteroatoms. The van der Waals surface area contributed by atoms with Crippen molar-refractivity contribution in [3.8, 4) is 0 Å². The molecular formula is C15H22N2O5S. The van der Waals surface area contributed by atoms with Crippen LogP contribution in [0.5, 0.6) is 0 Å². The number of rotatable bonds is 4. The topological polar surface area (TPSA) is 95.9 Å². The third-order valence-corrected chi connectivity index (χ3v) is 6.76. The number of nitrogens with zero attached hydrogens (tertiary/aromatic N) is 1. The van der Waals surface area contributed by atoms with Gasteiger partial charge in [0.25, 0.3) is 0 Å². The molecule has 3 aliphatic heterocycles. The number of carboxylic acid groups (broad SMARTS) is 1. The third-order valence-electron chi connectivity index (χ3n) is 5.25. The Bertz CT molecular complexity index is 534. The summed E-state index contributed by atoms with van der Waals surface area (Å²) in [7, 11) is 0. The Hall–Kier alpha value is -1.28. The van der Waals surface area contributed by atoms with Crippen molar-refractivity contribution in [2.24, 2.45) is 5.41 Å². The summed E-state index contributed by atoms with van der Waals surface area (Å²) in [5.41, 5.74) is -0.960. The zero-order valence-corrected chi connectivity index (χ0v) is 14.0. The molecule has 0 aromatic carbocycles. The van der Waals surface area contributed by atoms with E-state index in [2.05, 4.69) is 5.32 Å². The van der Waals surface area contributed by atoms with Gasteiger partial charge in [0, 0.05) is 31.9 Å². The highest BCUT2D eigenvalue weighted by Gasteiger charge is 2.53. The van der Waals surface area contributed by atoms with Crippen LogP contribution in [0.15, 0.2) is 0 Å². The van der Waals surface area contributed by atoms with E-state index in [0.717, 1.165) is 6.42 Å². The summed E-state index contributed by atoms with van der Waals surface area (Å²) in [4.78, 5) is 37.6. The monoisotopic (exact) mass is 342 g/mol. The molecule has 0 radical (unpaired) electrons. The summed E-state index contributed by atoms with van der Waals surface area (Å²) in [6.45, 7) is 2.87. The molecule has 0 aromatic heterocycles. The Morgan fingerprint density at radius 1 is 1.39 bits per heavy atom. The van der Waals surface area contributed by atoms with Crippen molar-refractivity contribution in [3.05, 3.63) is 0 Å². The fourth-order valence-electron chi connectivity index (χ4n) is 3.62. The Labute approximate surface area is 139 Å². The predicted octanol–water partition coefficient (Wildman–Crippen LogP) is 0.438. The molecule has 2 amide bonds. The molecule has 7 nitrogen and oxygen atoms in total. The van der Waals surface area contributed by atoms with Crippen LogP contribution in [0.1, 0.15) is 32.6 Å². The first-order valence-corrected chi connectivity index (χ1v) is 8.92. The zero-order chi connectivity index (χ0) is 16.7. The van der Waals surface area contributed by atoms with Gasteiger partial charge in [-0.15, -0.1) is 11.8 Å². The summed E-state index contributed by atoms with van der Waals surface area (Å²) < 4.78 is 5.23. The van der Waals surface area contributed by atoms with Crippen molar-refractivity contribution < 1.29 is 24.2 Å². The van der Waals surface area contributed by atoms with Gasteiger partial charge >= 0.3 is 5.97 Å². The molecule has 2 unspecified atom stereocenters. The van der Waals surface area contributed by atoms with Crippen molar-refractivity contribution in [3.63, 3.8) is 0 Å². The largest absolute Gasteiger partial charge is 0.481 e. The highest BCUT2D eigenvalue weighted by Crippen LogP contribution is 2.47. The van der Waals surface area contributed by atoms with E-state index in [-0.39, 0.29) is 23.2 Å². The zero-order valence-electron chi connectivity index (χ0n) is 13.2. The van der Waals surface area contributed by atoms with Crippen molar-refractivity contribution in [2.75, 3.05) is 25.5 Å². The van der Waals surface area contributed by atoms with Gasteiger partial charge < -0.3 is 20.1 Å². The standard InChI is InChI=1S/C15H22N2O5S/c1-14-3-2-11(18)17(14)10(8-23-14)12(19)16-9-15(13(20)21)4-6-22-7-5-15/h10H,2-9H2,1H3,(H,16,19)(H,20,21). The van der Waals surface area contributed by atoms with Crippen molar-refractivity contribution in [2.45, 2.75) is 43.5 Å². The normalized spacial score (nSPS) is 32.7. The Morgan fingerprint density at radius 3 is 2.74 bits per heavy atom. The average molecular weight is 342 g/mol. The molecule has 3 saturated heterocycles.